The minimum atomic E-state index is 0.175. The molecule has 0 spiro atoms. The van der Waals surface area contributed by atoms with E-state index in [0.29, 0.717) is 12.0 Å². The Morgan fingerprint density at radius 3 is 2.43 bits per heavy atom. The number of halogens is 1. The highest BCUT2D eigenvalue weighted by molar-refractivity contribution is 6.33. The minimum absolute atomic E-state index is 0.175. The van der Waals surface area contributed by atoms with Gasteiger partial charge < -0.3 is 10.6 Å². The monoisotopic (exact) mass is 308 g/mol. The van der Waals surface area contributed by atoms with Crippen LogP contribution in [0.25, 0.3) is 0 Å². The average Bonchev–Trinajstić information content (AvgIpc) is 2.89. The maximum atomic E-state index is 6.59. The molecule has 1 aliphatic carbocycles. The normalized spacial score (nSPS) is 17.4. The lowest BCUT2D eigenvalue weighted by molar-refractivity contribution is 0.536. The summed E-state index contributed by atoms with van der Waals surface area (Å²) in [6.07, 6.45) is 6.17. The Morgan fingerprint density at radius 1 is 1.24 bits per heavy atom. The van der Waals surface area contributed by atoms with Crippen molar-refractivity contribution in [1.29, 1.82) is 0 Å². The van der Waals surface area contributed by atoms with Crippen LogP contribution in [0.3, 0.4) is 0 Å². The van der Waals surface area contributed by atoms with Crippen molar-refractivity contribution in [1.82, 2.24) is 0 Å². The molecule has 1 saturated carbocycles. The van der Waals surface area contributed by atoms with E-state index in [1.807, 2.05) is 6.92 Å². The minimum Gasteiger partial charge on any atom is -0.367 e. The molecule has 0 saturated heterocycles. The van der Waals surface area contributed by atoms with E-state index in [9.17, 15) is 0 Å². The van der Waals surface area contributed by atoms with E-state index < -0.39 is 0 Å². The molecule has 1 atom stereocenters. The van der Waals surface area contributed by atoms with Crippen LogP contribution < -0.4 is 10.6 Å². The van der Waals surface area contributed by atoms with Gasteiger partial charge in [0.25, 0.3) is 0 Å². The van der Waals surface area contributed by atoms with Gasteiger partial charge in [-0.1, -0.05) is 44.4 Å². The zero-order valence-corrected chi connectivity index (χ0v) is 14.4. The highest BCUT2D eigenvalue weighted by Gasteiger charge is 2.25. The smallest absolute Gasteiger partial charge is 0.0642 e. The molecule has 0 bridgehead atoms. The fraction of sp³-hybridized carbons (Fsp3) is 0.667. The third kappa shape index (κ3) is 4.62. The second-order valence-corrected chi connectivity index (χ2v) is 7.36. The fourth-order valence-electron chi connectivity index (χ4n) is 3.34. The van der Waals surface area contributed by atoms with E-state index in [0.717, 1.165) is 18.0 Å². The lowest BCUT2D eigenvalue weighted by Gasteiger charge is -2.33. The molecule has 3 heteroatoms. The van der Waals surface area contributed by atoms with Crippen molar-refractivity contribution >= 4 is 17.3 Å². The van der Waals surface area contributed by atoms with Gasteiger partial charge in [0.2, 0.25) is 0 Å². The van der Waals surface area contributed by atoms with Gasteiger partial charge in [-0.05, 0) is 49.8 Å². The van der Waals surface area contributed by atoms with Crippen molar-refractivity contribution in [3.05, 3.63) is 28.8 Å². The predicted octanol–water partition coefficient (Wildman–Crippen LogP) is 4.63. The Balaban J connectivity index is 2.22. The van der Waals surface area contributed by atoms with Crippen molar-refractivity contribution < 1.29 is 0 Å². The maximum absolute atomic E-state index is 6.59. The number of hydrogen-bond donors (Lipinski definition) is 1. The molecule has 1 unspecified atom stereocenters. The van der Waals surface area contributed by atoms with Crippen LogP contribution in [0.5, 0.6) is 0 Å². The molecule has 0 aliphatic heterocycles. The van der Waals surface area contributed by atoms with Crippen molar-refractivity contribution in [3.8, 4) is 0 Å². The summed E-state index contributed by atoms with van der Waals surface area (Å²) >= 11 is 6.59. The van der Waals surface area contributed by atoms with Gasteiger partial charge in [0.1, 0.15) is 0 Å². The van der Waals surface area contributed by atoms with Crippen LogP contribution in [0, 0.1) is 5.92 Å². The van der Waals surface area contributed by atoms with E-state index in [2.05, 4.69) is 36.9 Å². The molecule has 0 heterocycles. The second-order valence-electron chi connectivity index (χ2n) is 6.95. The Bertz CT molecular complexity index is 451. The largest absolute Gasteiger partial charge is 0.367 e. The highest BCUT2D eigenvalue weighted by Crippen LogP contribution is 2.34. The van der Waals surface area contributed by atoms with Gasteiger partial charge in [0, 0.05) is 18.6 Å². The van der Waals surface area contributed by atoms with Crippen LogP contribution in [-0.4, -0.2) is 18.6 Å². The third-order valence-corrected chi connectivity index (χ3v) is 4.51. The van der Waals surface area contributed by atoms with Crippen LogP contribution in [-0.2, 0) is 6.42 Å². The molecule has 2 rings (SSSR count). The Hall–Kier alpha value is -0.730. The molecule has 0 aromatic heterocycles. The quantitative estimate of drug-likeness (QED) is 0.830. The summed E-state index contributed by atoms with van der Waals surface area (Å²) < 4.78 is 0. The first-order valence-corrected chi connectivity index (χ1v) is 8.65. The summed E-state index contributed by atoms with van der Waals surface area (Å²) in [5.41, 5.74) is 8.32. The van der Waals surface area contributed by atoms with Gasteiger partial charge in [-0.2, -0.15) is 0 Å². The van der Waals surface area contributed by atoms with Gasteiger partial charge in [-0.15, -0.1) is 0 Å². The van der Waals surface area contributed by atoms with E-state index in [1.54, 1.807) is 0 Å². The number of anilines is 1. The zero-order chi connectivity index (χ0) is 15.4. The first kappa shape index (κ1) is 16.6. The second kappa shape index (κ2) is 7.51. The van der Waals surface area contributed by atoms with Crippen LogP contribution >= 0.6 is 11.6 Å². The Labute approximate surface area is 134 Å². The van der Waals surface area contributed by atoms with Gasteiger partial charge in [0.15, 0.2) is 0 Å². The van der Waals surface area contributed by atoms with Crippen molar-refractivity contribution in [2.24, 2.45) is 11.7 Å². The molecule has 1 fully saturated rings. The number of hydrogen-bond acceptors (Lipinski definition) is 2. The summed E-state index contributed by atoms with van der Waals surface area (Å²) in [5.74, 6) is 0.644. The first-order chi connectivity index (χ1) is 9.97. The van der Waals surface area contributed by atoms with Crippen LogP contribution in [0.1, 0.15) is 52.0 Å². The third-order valence-electron chi connectivity index (χ3n) is 4.21. The standard InChI is InChI=1S/C18H29ClN2/c1-13(2)12-21(16-6-4-5-7-16)18-9-8-15(10-14(3)20)11-17(18)19/h8-9,11,13-14,16H,4-7,10,12,20H2,1-3H3. The van der Waals surface area contributed by atoms with E-state index in [4.69, 9.17) is 17.3 Å². The first-order valence-electron chi connectivity index (χ1n) is 8.28. The summed E-state index contributed by atoms with van der Waals surface area (Å²) in [7, 11) is 0. The zero-order valence-electron chi connectivity index (χ0n) is 13.6. The van der Waals surface area contributed by atoms with E-state index in [-0.39, 0.29) is 6.04 Å². The molecule has 1 aromatic carbocycles. The number of nitrogens with two attached hydrogens (primary N) is 1. The SMILES string of the molecule is CC(C)CN(c1ccc(CC(C)N)cc1Cl)C1CCCC1. The topological polar surface area (TPSA) is 29.3 Å². The highest BCUT2D eigenvalue weighted by atomic mass is 35.5. The van der Waals surface area contributed by atoms with E-state index in [1.165, 1.54) is 36.9 Å². The molecule has 1 aliphatic rings. The molecule has 118 valence electrons. The molecule has 0 radical (unpaired) electrons. The summed E-state index contributed by atoms with van der Waals surface area (Å²) in [6.45, 7) is 7.67. The molecular formula is C18H29ClN2. The van der Waals surface area contributed by atoms with Crippen LogP contribution in [0.2, 0.25) is 5.02 Å². The van der Waals surface area contributed by atoms with Gasteiger partial charge in [-0.25, -0.2) is 0 Å². The van der Waals surface area contributed by atoms with Crippen molar-refractivity contribution in [3.63, 3.8) is 0 Å². The van der Waals surface area contributed by atoms with Gasteiger partial charge >= 0.3 is 0 Å². The van der Waals surface area contributed by atoms with Crippen molar-refractivity contribution in [2.75, 3.05) is 11.4 Å². The Kier molecular flexibility index (Phi) is 5.95. The molecule has 2 nitrogen and oxygen atoms in total. The molecule has 1 aromatic rings. The molecular weight excluding hydrogens is 280 g/mol. The van der Waals surface area contributed by atoms with Gasteiger partial charge in [-0.3, -0.25) is 0 Å². The summed E-state index contributed by atoms with van der Waals surface area (Å²) in [5, 5.41) is 0.876. The molecule has 21 heavy (non-hydrogen) atoms. The number of benzene rings is 1. The fourth-order valence-corrected chi connectivity index (χ4v) is 3.65. The van der Waals surface area contributed by atoms with E-state index >= 15 is 0 Å². The summed E-state index contributed by atoms with van der Waals surface area (Å²) in [6, 6.07) is 7.31. The molecule has 0 amide bonds. The lowest BCUT2D eigenvalue weighted by atomic mass is 10.0. The lowest BCUT2D eigenvalue weighted by Crippen LogP contribution is -2.36. The van der Waals surface area contributed by atoms with Crippen LogP contribution in [0.4, 0.5) is 5.69 Å². The van der Waals surface area contributed by atoms with Gasteiger partial charge in [0.05, 0.1) is 10.7 Å². The predicted molar refractivity (Wildman–Crippen MR) is 93.2 cm³/mol. The Morgan fingerprint density at radius 2 is 1.90 bits per heavy atom. The summed E-state index contributed by atoms with van der Waals surface area (Å²) in [4.78, 5) is 2.54. The molecule has 2 N–H and O–H groups in total. The number of nitrogens with zero attached hydrogens (tertiary/aromatic N) is 1. The average molecular weight is 309 g/mol. The maximum Gasteiger partial charge on any atom is 0.0642 e. The van der Waals surface area contributed by atoms with Crippen LogP contribution in [0.15, 0.2) is 18.2 Å². The van der Waals surface area contributed by atoms with Crippen molar-refractivity contribution in [2.45, 2.75) is 65.0 Å². The number of rotatable bonds is 6.